The van der Waals surface area contributed by atoms with Gasteiger partial charge in [0.05, 0.1) is 5.92 Å². The summed E-state index contributed by atoms with van der Waals surface area (Å²) in [4.78, 5) is 34.9. The Morgan fingerprint density at radius 3 is 2.66 bits per heavy atom. The van der Waals surface area contributed by atoms with Crippen molar-refractivity contribution < 1.29 is 14.1 Å². The number of hydrogen-bond acceptors (Lipinski definition) is 6. The van der Waals surface area contributed by atoms with Gasteiger partial charge in [-0.15, -0.1) is 0 Å². The van der Waals surface area contributed by atoms with Gasteiger partial charge >= 0.3 is 0 Å². The Labute approximate surface area is 211 Å². The molecule has 0 spiro atoms. The molecule has 1 saturated heterocycles. The zero-order chi connectivity index (χ0) is 24.8. The van der Waals surface area contributed by atoms with Crippen molar-refractivity contribution in [3.8, 4) is 22.8 Å². The topological polar surface area (TPSA) is 101 Å². The van der Waals surface area contributed by atoms with Gasteiger partial charge in [-0.1, -0.05) is 32.7 Å². The van der Waals surface area contributed by atoms with Crippen LogP contribution in [0.4, 0.5) is 5.69 Å². The molecule has 1 unspecified atom stereocenters. The molecule has 1 fully saturated rings. The van der Waals surface area contributed by atoms with Crippen molar-refractivity contribution >= 4 is 40.1 Å². The van der Waals surface area contributed by atoms with Crippen molar-refractivity contribution in [2.75, 3.05) is 18.4 Å². The van der Waals surface area contributed by atoms with Gasteiger partial charge in [0, 0.05) is 47.0 Å². The third-order valence-electron chi connectivity index (χ3n) is 5.53. The van der Waals surface area contributed by atoms with Crippen LogP contribution in [0.1, 0.15) is 13.3 Å². The molecule has 4 rings (SSSR count). The van der Waals surface area contributed by atoms with Gasteiger partial charge in [-0.25, -0.2) is 0 Å². The molecule has 0 saturated carbocycles. The molecule has 1 aromatic heterocycles. The Hall–Kier alpha value is -3.85. The molecule has 0 aliphatic carbocycles. The number of rotatable bonds is 8. The molecule has 1 aliphatic rings. The SMILES string of the molecule is C=N/C=C\C=C(/C)CN1CC(C(=O)Nc2ccc(-c3nc(-c4ccc(Br)cc4)no3)cc2)CC1=O. The average molecular weight is 534 g/mol. The van der Waals surface area contributed by atoms with Gasteiger partial charge in [-0.05, 0) is 68.2 Å². The Bertz CT molecular complexity index is 1280. The minimum Gasteiger partial charge on any atom is -0.338 e. The van der Waals surface area contributed by atoms with Crippen LogP contribution in [0.25, 0.3) is 22.8 Å². The number of nitrogens with one attached hydrogen (secondary N) is 1. The number of carbonyl (C=O) groups excluding carboxylic acids is 2. The van der Waals surface area contributed by atoms with Crippen LogP contribution in [-0.2, 0) is 9.59 Å². The van der Waals surface area contributed by atoms with Gasteiger partial charge in [0.15, 0.2) is 0 Å². The third-order valence-corrected chi connectivity index (χ3v) is 6.05. The average Bonchev–Trinajstić information content (AvgIpc) is 3.48. The van der Waals surface area contributed by atoms with Crippen LogP contribution >= 0.6 is 15.9 Å². The number of allylic oxidation sites excluding steroid dienone is 2. The quantitative estimate of drug-likeness (QED) is 0.320. The monoisotopic (exact) mass is 533 g/mol. The lowest BCUT2D eigenvalue weighted by molar-refractivity contribution is -0.128. The van der Waals surface area contributed by atoms with Gasteiger partial charge in [-0.2, -0.15) is 4.98 Å². The zero-order valence-corrected chi connectivity index (χ0v) is 20.7. The largest absolute Gasteiger partial charge is 0.338 e. The summed E-state index contributed by atoms with van der Waals surface area (Å²) in [6, 6.07) is 14.8. The van der Waals surface area contributed by atoms with E-state index in [1.807, 2.05) is 37.3 Å². The highest BCUT2D eigenvalue weighted by Gasteiger charge is 2.34. The lowest BCUT2D eigenvalue weighted by Crippen LogP contribution is -2.29. The molecule has 9 heteroatoms. The minimum atomic E-state index is -0.398. The Kier molecular flexibility index (Phi) is 7.67. The van der Waals surface area contributed by atoms with E-state index in [0.29, 0.717) is 30.5 Å². The maximum absolute atomic E-state index is 12.8. The number of anilines is 1. The summed E-state index contributed by atoms with van der Waals surface area (Å²) in [5.74, 6) is 0.280. The van der Waals surface area contributed by atoms with Crippen molar-refractivity contribution in [3.63, 3.8) is 0 Å². The molecule has 0 bridgehead atoms. The first-order chi connectivity index (χ1) is 16.9. The molecule has 2 amide bonds. The van der Waals surface area contributed by atoms with Gasteiger partial charge in [-0.3, -0.25) is 14.6 Å². The number of halogens is 1. The number of aromatic nitrogens is 2. The molecule has 2 aromatic carbocycles. The molecule has 3 aromatic rings. The highest BCUT2D eigenvalue weighted by Crippen LogP contribution is 2.25. The highest BCUT2D eigenvalue weighted by molar-refractivity contribution is 9.10. The number of likely N-dealkylation sites (tertiary alicyclic amines) is 1. The highest BCUT2D eigenvalue weighted by atomic mass is 79.9. The summed E-state index contributed by atoms with van der Waals surface area (Å²) < 4.78 is 6.37. The van der Waals surface area contributed by atoms with Crippen molar-refractivity contribution in [1.82, 2.24) is 15.0 Å². The van der Waals surface area contributed by atoms with Crippen LogP contribution in [0.5, 0.6) is 0 Å². The summed E-state index contributed by atoms with van der Waals surface area (Å²) in [6.07, 6.45) is 5.42. The lowest BCUT2D eigenvalue weighted by atomic mass is 10.1. The molecule has 1 N–H and O–H groups in total. The smallest absolute Gasteiger partial charge is 0.258 e. The first-order valence-electron chi connectivity index (χ1n) is 11.0. The van der Waals surface area contributed by atoms with Crippen LogP contribution in [0.2, 0.25) is 0 Å². The second-order valence-electron chi connectivity index (χ2n) is 8.21. The van der Waals surface area contributed by atoms with E-state index >= 15 is 0 Å². The van der Waals surface area contributed by atoms with Crippen molar-refractivity contribution in [2.45, 2.75) is 13.3 Å². The molecule has 1 atom stereocenters. The van der Waals surface area contributed by atoms with E-state index in [0.717, 1.165) is 21.2 Å². The van der Waals surface area contributed by atoms with Crippen LogP contribution in [0.3, 0.4) is 0 Å². The fraction of sp³-hybridized carbons (Fsp3) is 0.192. The van der Waals surface area contributed by atoms with Crippen LogP contribution in [0, 0.1) is 5.92 Å². The Morgan fingerprint density at radius 1 is 1.23 bits per heavy atom. The number of aliphatic imine (C=N–C) groups is 1. The number of hydrogen-bond donors (Lipinski definition) is 1. The van der Waals surface area contributed by atoms with Crippen LogP contribution in [0.15, 0.2) is 86.4 Å². The number of amides is 2. The molecule has 8 nitrogen and oxygen atoms in total. The molecule has 35 heavy (non-hydrogen) atoms. The van der Waals surface area contributed by atoms with Gasteiger partial charge < -0.3 is 14.7 Å². The van der Waals surface area contributed by atoms with Gasteiger partial charge in [0.1, 0.15) is 0 Å². The summed E-state index contributed by atoms with van der Waals surface area (Å²) in [5, 5.41) is 6.95. The van der Waals surface area contributed by atoms with Crippen LogP contribution < -0.4 is 5.32 Å². The van der Waals surface area contributed by atoms with E-state index in [4.69, 9.17) is 4.52 Å². The number of nitrogens with zero attached hydrogens (tertiary/aromatic N) is 4. The predicted octanol–water partition coefficient (Wildman–Crippen LogP) is 5.11. The first kappa shape index (κ1) is 24.3. The Morgan fingerprint density at radius 2 is 1.94 bits per heavy atom. The number of carbonyl (C=O) groups is 2. The van der Waals surface area contributed by atoms with E-state index in [1.54, 1.807) is 41.4 Å². The van der Waals surface area contributed by atoms with Gasteiger partial charge in [0.2, 0.25) is 17.6 Å². The van der Waals surface area contributed by atoms with E-state index < -0.39 is 5.92 Å². The summed E-state index contributed by atoms with van der Waals surface area (Å²) in [5.41, 5.74) is 3.22. The van der Waals surface area contributed by atoms with E-state index in [2.05, 4.69) is 43.1 Å². The molecule has 1 aliphatic heterocycles. The summed E-state index contributed by atoms with van der Waals surface area (Å²) in [6.45, 7) is 6.18. The molecule has 178 valence electrons. The van der Waals surface area contributed by atoms with Crippen LogP contribution in [-0.4, -0.2) is 46.7 Å². The normalized spacial score (nSPS) is 16.2. The maximum atomic E-state index is 12.8. The fourth-order valence-corrected chi connectivity index (χ4v) is 3.98. The molecular formula is C26H24BrN5O3. The zero-order valence-electron chi connectivity index (χ0n) is 19.1. The van der Waals surface area contributed by atoms with Crippen molar-refractivity contribution in [2.24, 2.45) is 10.9 Å². The first-order valence-corrected chi connectivity index (χ1v) is 11.8. The van der Waals surface area contributed by atoms with Crippen molar-refractivity contribution in [1.29, 1.82) is 0 Å². The van der Waals surface area contributed by atoms with E-state index in [-0.39, 0.29) is 18.2 Å². The van der Waals surface area contributed by atoms with Crippen molar-refractivity contribution in [3.05, 3.63) is 76.9 Å². The Balaban J connectivity index is 1.35. The minimum absolute atomic E-state index is 0.0305. The van der Waals surface area contributed by atoms with E-state index in [9.17, 15) is 9.59 Å². The lowest BCUT2D eigenvalue weighted by Gasteiger charge is -2.17. The second-order valence-corrected chi connectivity index (χ2v) is 9.12. The maximum Gasteiger partial charge on any atom is 0.258 e. The standard InChI is InChI=1S/C26H24BrN5O3/c1-17(4-3-13-28-2)15-32-16-20(14-23(32)33)25(34)29-22-11-7-19(8-12-22)26-30-24(31-35-26)18-5-9-21(27)10-6-18/h3-13,20H,2,14-16H2,1H3,(H,29,34)/b13-3-,17-4+. The molecule has 0 radical (unpaired) electrons. The fourth-order valence-electron chi connectivity index (χ4n) is 3.72. The predicted molar refractivity (Wildman–Crippen MR) is 139 cm³/mol. The molecular weight excluding hydrogens is 510 g/mol. The summed E-state index contributed by atoms with van der Waals surface area (Å²) in [7, 11) is 0. The summed E-state index contributed by atoms with van der Waals surface area (Å²) >= 11 is 3.41. The van der Waals surface area contributed by atoms with Gasteiger partial charge in [0.25, 0.3) is 5.89 Å². The molecule has 2 heterocycles. The third kappa shape index (κ3) is 6.19. The van der Waals surface area contributed by atoms with E-state index in [1.165, 1.54) is 0 Å². The second kappa shape index (κ2) is 11.1. The number of benzene rings is 2.